The highest BCUT2D eigenvalue weighted by Gasteiger charge is 2.45. The molecule has 296 valence electrons. The summed E-state index contributed by atoms with van der Waals surface area (Å²) in [6.45, 7) is 5.78. The van der Waals surface area contributed by atoms with Gasteiger partial charge in [0.15, 0.2) is 0 Å². The number of aryl methyl sites for hydroxylation is 1. The van der Waals surface area contributed by atoms with E-state index in [0.29, 0.717) is 0 Å². The molecule has 8 aromatic carbocycles. The molecule has 0 unspecified atom stereocenters. The number of hydrogen-bond acceptors (Lipinski definition) is 2. The summed E-state index contributed by atoms with van der Waals surface area (Å²) >= 11 is 0. The second-order valence-electron chi connectivity index (χ2n) is 18.3. The van der Waals surface area contributed by atoms with Gasteiger partial charge in [-0.05, 0) is 129 Å². The van der Waals surface area contributed by atoms with Crippen molar-refractivity contribution >= 4 is 51.4 Å². The monoisotopic (exact) mass is 786 g/mol. The normalized spacial score (nSPS) is 16.7. The van der Waals surface area contributed by atoms with Crippen molar-refractivity contribution in [1.29, 1.82) is 0 Å². The Bertz CT molecular complexity index is 3000. The lowest BCUT2D eigenvalue weighted by Crippen LogP contribution is -2.30. The van der Waals surface area contributed by atoms with E-state index in [4.69, 9.17) is 0 Å². The lowest BCUT2D eigenvalue weighted by Gasteiger charge is -2.42. The van der Waals surface area contributed by atoms with Gasteiger partial charge in [-0.15, -0.1) is 0 Å². The molecule has 1 fully saturated rings. The zero-order valence-electron chi connectivity index (χ0n) is 35.2. The number of hydrogen-bond donors (Lipinski definition) is 0. The van der Waals surface area contributed by atoms with Gasteiger partial charge < -0.3 is 9.80 Å². The molecule has 0 radical (unpaired) electrons. The molecule has 2 heterocycles. The Hall–Kier alpha value is -6.64. The van der Waals surface area contributed by atoms with E-state index in [-0.39, 0.29) is 10.8 Å². The molecular formula is C59H50N2. The van der Waals surface area contributed by atoms with E-state index in [2.05, 4.69) is 206 Å². The van der Waals surface area contributed by atoms with Crippen LogP contribution in [0.25, 0.3) is 45.2 Å². The Balaban J connectivity index is 0.847. The molecule has 0 saturated heterocycles. The summed E-state index contributed by atoms with van der Waals surface area (Å²) in [5.41, 5.74) is 21.5. The molecule has 0 atom stereocenters. The van der Waals surface area contributed by atoms with Gasteiger partial charge in [0.05, 0.1) is 17.1 Å². The number of nitrogens with zero attached hydrogens (tertiary/aromatic N) is 2. The zero-order chi connectivity index (χ0) is 40.7. The predicted molar refractivity (Wildman–Crippen MR) is 258 cm³/mol. The fraction of sp³-hybridized carbons (Fsp3) is 0.186. The molecule has 61 heavy (non-hydrogen) atoms. The third-order valence-corrected chi connectivity index (χ3v) is 14.7. The van der Waals surface area contributed by atoms with Crippen LogP contribution in [0.5, 0.6) is 0 Å². The summed E-state index contributed by atoms with van der Waals surface area (Å²) in [4.78, 5) is 5.05. The third-order valence-electron chi connectivity index (χ3n) is 14.7. The van der Waals surface area contributed by atoms with Crippen molar-refractivity contribution < 1.29 is 0 Å². The van der Waals surface area contributed by atoms with Crippen molar-refractivity contribution in [2.45, 2.75) is 63.2 Å². The van der Waals surface area contributed by atoms with E-state index in [0.717, 1.165) is 6.54 Å². The van der Waals surface area contributed by atoms with Gasteiger partial charge in [0.1, 0.15) is 0 Å². The predicted octanol–water partition coefficient (Wildman–Crippen LogP) is 15.7. The summed E-state index contributed by atoms with van der Waals surface area (Å²) < 4.78 is 0. The fourth-order valence-corrected chi connectivity index (χ4v) is 11.7. The van der Waals surface area contributed by atoms with Gasteiger partial charge in [0.25, 0.3) is 0 Å². The van der Waals surface area contributed by atoms with Crippen LogP contribution in [-0.2, 0) is 17.3 Å². The molecule has 0 N–H and O–H groups in total. The number of rotatable bonds is 5. The van der Waals surface area contributed by atoms with Gasteiger partial charge in [-0.25, -0.2) is 0 Å². The smallest absolute Gasteiger partial charge is 0.0540 e. The van der Waals surface area contributed by atoms with Crippen molar-refractivity contribution in [1.82, 2.24) is 0 Å². The first-order valence-corrected chi connectivity index (χ1v) is 22.4. The molecule has 2 nitrogen and oxygen atoms in total. The minimum Gasteiger partial charge on any atom is -0.341 e. The van der Waals surface area contributed by atoms with E-state index < -0.39 is 0 Å². The van der Waals surface area contributed by atoms with Crippen LogP contribution in [0.1, 0.15) is 84.9 Å². The maximum atomic E-state index is 2.57. The third kappa shape index (κ3) is 5.61. The Labute approximate surface area is 360 Å². The molecular weight excluding hydrogens is 737 g/mol. The topological polar surface area (TPSA) is 6.48 Å². The summed E-state index contributed by atoms with van der Waals surface area (Å²) in [5.74, 6) is 0. The molecule has 1 spiro atoms. The van der Waals surface area contributed by atoms with E-state index in [1.807, 2.05) is 0 Å². The Morgan fingerprint density at radius 2 is 1.05 bits per heavy atom. The average Bonchev–Trinajstić information content (AvgIpc) is 3.91. The van der Waals surface area contributed by atoms with Crippen LogP contribution in [0.15, 0.2) is 170 Å². The first kappa shape index (κ1) is 36.2. The molecule has 2 heteroatoms. The highest BCUT2D eigenvalue weighted by Crippen LogP contribution is 2.58. The number of para-hydroxylation sites is 3. The van der Waals surface area contributed by atoms with Crippen molar-refractivity contribution in [3.05, 3.63) is 209 Å². The van der Waals surface area contributed by atoms with Crippen molar-refractivity contribution in [3.63, 3.8) is 0 Å². The maximum absolute atomic E-state index is 2.57. The second kappa shape index (κ2) is 14.0. The molecule has 2 aliphatic heterocycles. The standard InChI is InChI=1S/C59H50N2/c1-58(2)50-18-6-9-21-56(50)61(57-22-10-7-19-51(57)58)55-34-33-45(46-16-4-5-17-49(46)55)42-28-25-40(26-29-42)23-24-41-27-31-47-48-32-30-44(60-37-13-15-43-14-3-8-20-54(43)60)39-53(48)59(52(47)38-41)35-11-12-36-59/h3-10,14,16-34,38-39H,11-13,15,35-37H2,1-2H3/b24-23+. The van der Waals surface area contributed by atoms with Crippen LogP contribution in [0, 0.1) is 0 Å². The first-order valence-electron chi connectivity index (χ1n) is 22.4. The molecule has 0 bridgehead atoms. The van der Waals surface area contributed by atoms with E-state index in [1.165, 1.54) is 133 Å². The Morgan fingerprint density at radius 1 is 0.459 bits per heavy atom. The molecule has 0 aromatic heterocycles. The minimum atomic E-state index is -0.0916. The van der Waals surface area contributed by atoms with Gasteiger partial charge >= 0.3 is 0 Å². The largest absolute Gasteiger partial charge is 0.341 e. The van der Waals surface area contributed by atoms with Crippen molar-refractivity contribution in [2.24, 2.45) is 0 Å². The van der Waals surface area contributed by atoms with Crippen molar-refractivity contribution in [3.8, 4) is 22.3 Å². The first-order chi connectivity index (χ1) is 30.0. The van der Waals surface area contributed by atoms with E-state index in [9.17, 15) is 0 Å². The zero-order valence-corrected chi connectivity index (χ0v) is 35.2. The SMILES string of the molecule is CC1(C)c2ccccc2N(c2ccc(-c3ccc(/C=C/c4ccc5c(c4)C4(CCCC4)c4cc(N6CCCc7ccccc76)ccc4-5)cc3)c3ccccc23)c2ccccc21. The van der Waals surface area contributed by atoms with Crippen LogP contribution in [-0.4, -0.2) is 6.54 Å². The van der Waals surface area contributed by atoms with Crippen LogP contribution in [0.4, 0.5) is 28.4 Å². The molecule has 8 aromatic rings. The van der Waals surface area contributed by atoms with Crippen LogP contribution >= 0.6 is 0 Å². The Morgan fingerprint density at radius 3 is 1.80 bits per heavy atom. The molecule has 0 amide bonds. The van der Waals surface area contributed by atoms with Crippen molar-refractivity contribution in [2.75, 3.05) is 16.3 Å². The Kier molecular flexibility index (Phi) is 8.29. The van der Waals surface area contributed by atoms with E-state index >= 15 is 0 Å². The van der Waals surface area contributed by atoms with Crippen LogP contribution in [0.2, 0.25) is 0 Å². The second-order valence-corrected chi connectivity index (χ2v) is 18.3. The summed E-state index contributed by atoms with van der Waals surface area (Å²) in [7, 11) is 0. The number of fused-ring (bicyclic) bond motifs is 9. The van der Waals surface area contributed by atoms with Gasteiger partial charge in [0, 0.05) is 34.1 Å². The van der Waals surface area contributed by atoms with Gasteiger partial charge in [0.2, 0.25) is 0 Å². The lowest BCUT2D eigenvalue weighted by molar-refractivity contribution is 0.549. The molecule has 4 aliphatic rings. The highest BCUT2D eigenvalue weighted by atomic mass is 15.2. The lowest BCUT2D eigenvalue weighted by atomic mass is 9.73. The van der Waals surface area contributed by atoms with Gasteiger partial charge in [-0.1, -0.05) is 172 Å². The molecule has 12 rings (SSSR count). The molecule has 1 saturated carbocycles. The van der Waals surface area contributed by atoms with E-state index in [1.54, 1.807) is 5.56 Å². The van der Waals surface area contributed by atoms with Gasteiger partial charge in [-0.2, -0.15) is 0 Å². The average molecular weight is 787 g/mol. The summed E-state index contributed by atoms with van der Waals surface area (Å²) in [6.07, 6.45) is 12.0. The highest BCUT2D eigenvalue weighted by molar-refractivity contribution is 6.07. The minimum absolute atomic E-state index is 0.0916. The quantitative estimate of drug-likeness (QED) is 0.160. The fourth-order valence-electron chi connectivity index (χ4n) is 11.7. The van der Waals surface area contributed by atoms with Gasteiger partial charge in [-0.3, -0.25) is 0 Å². The number of anilines is 5. The van der Waals surface area contributed by atoms with Crippen LogP contribution in [0.3, 0.4) is 0 Å². The summed E-state index contributed by atoms with van der Waals surface area (Å²) in [6, 6.07) is 64.1. The molecule has 2 aliphatic carbocycles. The summed E-state index contributed by atoms with van der Waals surface area (Å²) in [5, 5.41) is 2.51. The number of benzene rings is 8. The maximum Gasteiger partial charge on any atom is 0.0540 e. The van der Waals surface area contributed by atoms with Crippen LogP contribution < -0.4 is 9.80 Å².